The number of methoxy groups -OCH3 is 2. The van der Waals surface area contributed by atoms with Crippen LogP contribution in [0.3, 0.4) is 0 Å². The van der Waals surface area contributed by atoms with E-state index >= 15 is 0 Å². The molecule has 1 aliphatic heterocycles. The maximum absolute atomic E-state index is 12.1. The van der Waals surface area contributed by atoms with Gasteiger partial charge in [0.15, 0.2) is 5.75 Å². The van der Waals surface area contributed by atoms with E-state index in [9.17, 15) is 14.9 Å². The lowest BCUT2D eigenvalue weighted by molar-refractivity contribution is -0.386. The lowest BCUT2D eigenvalue weighted by Crippen LogP contribution is -2.15. The van der Waals surface area contributed by atoms with Gasteiger partial charge in [0.25, 0.3) is 0 Å². The average Bonchev–Trinajstić information content (AvgIpc) is 3.04. The van der Waals surface area contributed by atoms with Gasteiger partial charge < -0.3 is 14.4 Å². The number of hydrogen-bond donors (Lipinski definition) is 0. The molecule has 0 N–H and O–H groups in total. The molecule has 1 aromatic carbocycles. The lowest BCUT2D eigenvalue weighted by atomic mass is 10.0. The van der Waals surface area contributed by atoms with Crippen LogP contribution < -0.4 is 4.74 Å². The number of benzene rings is 1. The van der Waals surface area contributed by atoms with E-state index in [1.807, 2.05) is 4.90 Å². The number of carbonyl (C=O) groups excluding carboxylic acids is 1. The number of nitro groups is 1. The first-order valence-electron chi connectivity index (χ1n) is 6.94. The molecule has 0 bridgehead atoms. The predicted molar refractivity (Wildman–Crippen MR) is 80.4 cm³/mol. The molecule has 1 saturated heterocycles. The number of carbonyl (C=O) groups is 1. The molecule has 7 nitrogen and oxygen atoms in total. The molecule has 0 saturated carbocycles. The molecule has 1 aliphatic rings. The lowest BCUT2D eigenvalue weighted by Gasteiger charge is -2.15. The minimum absolute atomic E-state index is 0.110. The molecule has 0 amide bonds. The molecule has 118 valence electrons. The first kappa shape index (κ1) is 15.8. The fourth-order valence-electron chi connectivity index (χ4n) is 2.49. The summed E-state index contributed by atoms with van der Waals surface area (Å²) >= 11 is 0. The second-order valence-electron chi connectivity index (χ2n) is 4.89. The van der Waals surface area contributed by atoms with Crippen molar-refractivity contribution in [2.75, 3.05) is 27.3 Å². The fraction of sp³-hybridized carbons (Fsp3) is 0.400. The summed E-state index contributed by atoms with van der Waals surface area (Å²) < 4.78 is 9.83. The third-order valence-electron chi connectivity index (χ3n) is 3.55. The number of esters is 1. The van der Waals surface area contributed by atoms with Gasteiger partial charge in [0.2, 0.25) is 0 Å². The van der Waals surface area contributed by atoms with Gasteiger partial charge in [0.1, 0.15) is 0 Å². The molecular weight excluding hydrogens is 288 g/mol. The highest BCUT2D eigenvalue weighted by atomic mass is 16.6. The van der Waals surface area contributed by atoms with Crippen molar-refractivity contribution in [2.45, 2.75) is 12.8 Å². The largest absolute Gasteiger partial charge is 0.490 e. The summed E-state index contributed by atoms with van der Waals surface area (Å²) in [5.41, 5.74) is 0.124. The van der Waals surface area contributed by atoms with E-state index in [1.165, 1.54) is 26.4 Å². The van der Waals surface area contributed by atoms with Crippen molar-refractivity contribution < 1.29 is 19.2 Å². The van der Waals surface area contributed by atoms with Crippen molar-refractivity contribution in [3.05, 3.63) is 40.1 Å². The van der Waals surface area contributed by atoms with Crippen LogP contribution in [0.1, 0.15) is 18.4 Å². The minimum atomic E-state index is -0.608. The number of ether oxygens (including phenoxy) is 2. The van der Waals surface area contributed by atoms with Gasteiger partial charge in [-0.15, -0.1) is 0 Å². The standard InChI is InChI=1S/C15H18N2O5/c1-21-13-7-5-6-11(14(13)17(19)20)12(15(18)22-2)10-16-8-3-4-9-16/h5-7,10H,3-4,8-9H2,1-2H3/b12-10-. The Hall–Kier alpha value is -2.57. The first-order valence-corrected chi connectivity index (χ1v) is 6.94. The van der Waals surface area contributed by atoms with E-state index in [1.54, 1.807) is 12.3 Å². The van der Waals surface area contributed by atoms with Gasteiger partial charge in [0, 0.05) is 19.3 Å². The molecule has 0 radical (unpaired) electrons. The summed E-state index contributed by atoms with van der Waals surface area (Å²) in [7, 11) is 2.61. The number of nitro benzene ring substituents is 1. The Morgan fingerprint density at radius 2 is 2.00 bits per heavy atom. The van der Waals surface area contributed by atoms with Gasteiger partial charge in [0.05, 0.1) is 30.3 Å². The molecular formula is C15H18N2O5. The molecule has 1 heterocycles. The van der Waals surface area contributed by atoms with Crippen molar-refractivity contribution in [3.63, 3.8) is 0 Å². The maximum atomic E-state index is 12.1. The molecule has 0 aromatic heterocycles. The summed E-state index contributed by atoms with van der Waals surface area (Å²) in [5.74, 6) is -0.498. The van der Waals surface area contributed by atoms with Crippen molar-refractivity contribution in [1.29, 1.82) is 0 Å². The zero-order valence-corrected chi connectivity index (χ0v) is 12.6. The molecule has 0 spiro atoms. The van der Waals surface area contributed by atoms with E-state index in [-0.39, 0.29) is 22.6 Å². The number of nitrogens with zero attached hydrogens (tertiary/aromatic N) is 2. The Bertz CT molecular complexity index is 606. The third kappa shape index (κ3) is 3.19. The molecule has 0 unspecified atom stereocenters. The molecule has 0 atom stereocenters. The van der Waals surface area contributed by atoms with Crippen LogP contribution in [0, 0.1) is 10.1 Å². The van der Waals surface area contributed by atoms with E-state index in [0.29, 0.717) is 0 Å². The molecule has 0 aliphatic carbocycles. The Balaban J connectivity index is 2.56. The minimum Gasteiger partial charge on any atom is -0.490 e. The number of likely N-dealkylation sites (tertiary alicyclic amines) is 1. The van der Waals surface area contributed by atoms with E-state index in [4.69, 9.17) is 9.47 Å². The Kier molecular flexibility index (Phi) is 4.98. The first-order chi connectivity index (χ1) is 10.6. The van der Waals surface area contributed by atoms with Crippen molar-refractivity contribution in [1.82, 2.24) is 4.90 Å². The molecule has 2 rings (SSSR count). The summed E-state index contributed by atoms with van der Waals surface area (Å²) in [5, 5.41) is 11.4. The Morgan fingerprint density at radius 3 is 2.55 bits per heavy atom. The van der Waals surface area contributed by atoms with Crippen LogP contribution in [0.25, 0.3) is 5.57 Å². The van der Waals surface area contributed by atoms with Crippen LogP contribution in [0.15, 0.2) is 24.4 Å². The molecule has 7 heteroatoms. The van der Waals surface area contributed by atoms with Gasteiger partial charge in [-0.25, -0.2) is 4.79 Å². The van der Waals surface area contributed by atoms with Gasteiger partial charge in [-0.05, 0) is 25.0 Å². The topological polar surface area (TPSA) is 81.9 Å². The SMILES string of the molecule is COC(=O)/C(=C\N1CCCC1)c1cccc(OC)c1[N+](=O)[O-]. The maximum Gasteiger partial charge on any atom is 0.340 e. The van der Waals surface area contributed by atoms with Gasteiger partial charge >= 0.3 is 11.7 Å². The smallest absolute Gasteiger partial charge is 0.340 e. The summed E-state index contributed by atoms with van der Waals surface area (Å²) in [4.78, 5) is 24.9. The van der Waals surface area contributed by atoms with E-state index in [0.717, 1.165) is 25.9 Å². The number of hydrogen-bond acceptors (Lipinski definition) is 6. The van der Waals surface area contributed by atoms with E-state index in [2.05, 4.69) is 0 Å². The van der Waals surface area contributed by atoms with Crippen LogP contribution in [0.4, 0.5) is 5.69 Å². The van der Waals surface area contributed by atoms with Crippen LogP contribution in [0.5, 0.6) is 5.75 Å². The van der Waals surface area contributed by atoms with Crippen LogP contribution >= 0.6 is 0 Å². The van der Waals surface area contributed by atoms with Crippen LogP contribution in [0.2, 0.25) is 0 Å². The second kappa shape index (κ2) is 6.93. The summed E-state index contributed by atoms with van der Waals surface area (Å²) in [6.45, 7) is 1.64. The van der Waals surface area contributed by atoms with Crippen molar-refractivity contribution in [2.24, 2.45) is 0 Å². The fourth-order valence-corrected chi connectivity index (χ4v) is 2.49. The normalized spacial score (nSPS) is 14.8. The second-order valence-corrected chi connectivity index (χ2v) is 4.89. The number of rotatable bonds is 5. The van der Waals surface area contributed by atoms with Crippen molar-refractivity contribution in [3.8, 4) is 5.75 Å². The van der Waals surface area contributed by atoms with Crippen LogP contribution in [-0.2, 0) is 9.53 Å². The zero-order chi connectivity index (χ0) is 16.1. The Morgan fingerprint density at radius 1 is 1.32 bits per heavy atom. The third-order valence-corrected chi connectivity index (χ3v) is 3.55. The summed E-state index contributed by atoms with van der Waals surface area (Å²) in [6, 6.07) is 4.63. The predicted octanol–water partition coefficient (Wildman–Crippen LogP) is 2.21. The monoisotopic (exact) mass is 306 g/mol. The summed E-state index contributed by atoms with van der Waals surface area (Å²) in [6.07, 6.45) is 3.71. The van der Waals surface area contributed by atoms with Gasteiger partial charge in [-0.2, -0.15) is 0 Å². The zero-order valence-electron chi connectivity index (χ0n) is 12.6. The highest BCUT2D eigenvalue weighted by molar-refractivity contribution is 6.17. The van der Waals surface area contributed by atoms with Crippen molar-refractivity contribution >= 4 is 17.2 Å². The van der Waals surface area contributed by atoms with Gasteiger partial charge in [-0.3, -0.25) is 10.1 Å². The van der Waals surface area contributed by atoms with Crippen LogP contribution in [-0.4, -0.2) is 43.1 Å². The quantitative estimate of drug-likeness (QED) is 0.359. The molecule has 1 fully saturated rings. The highest BCUT2D eigenvalue weighted by Gasteiger charge is 2.27. The van der Waals surface area contributed by atoms with E-state index < -0.39 is 10.9 Å². The molecule has 1 aromatic rings. The number of para-hydroxylation sites is 1. The molecule has 22 heavy (non-hydrogen) atoms. The van der Waals surface area contributed by atoms with Gasteiger partial charge in [-0.1, -0.05) is 6.07 Å². The highest BCUT2D eigenvalue weighted by Crippen LogP contribution is 2.35. The Labute approximate surface area is 128 Å². The average molecular weight is 306 g/mol.